The van der Waals surface area contributed by atoms with E-state index in [9.17, 15) is 0 Å². The van der Waals surface area contributed by atoms with Gasteiger partial charge in [-0.25, -0.2) is 8.78 Å². The van der Waals surface area contributed by atoms with Gasteiger partial charge in [0.25, 0.3) is 0 Å². The van der Waals surface area contributed by atoms with E-state index in [1.54, 1.807) is 24.3 Å². The van der Waals surface area contributed by atoms with Crippen LogP contribution in [0.2, 0.25) is 0 Å². The Morgan fingerprint density at radius 3 is 0.607 bits per heavy atom. The Morgan fingerprint density at radius 2 is 0.356 bits per heavy atom. The molecule has 0 aliphatic heterocycles. The smallest absolute Gasteiger partial charge is 0.123 e. The van der Waals surface area contributed by atoms with Crippen molar-refractivity contribution in [2.24, 2.45) is 0 Å². The number of anilines is 12. The zero-order chi connectivity index (χ0) is 89.5. The Labute approximate surface area is 786 Å². The Balaban J connectivity index is 0.545. The standard InChI is InChI=1S/C129H90F2N4/c130-101-54-66-109(67-55-101)134(107-62-47-87(48-63-107)85-43-58-105(59-44-85)132(103-26-12-4-13-27-103)111-70-74-117-115-30-16-18-32-121(115)127(123(117)81-111,95-20-6-1-7-21-95)98-51-40-89-34-37-92(89)78-98)113-72-76-119-120-77-73-114(84-126(120)129(125(119)83-113,97-24-10-3-11-25-97)100-53-42-91-36-39-94(91)80-100)135(110-68-56-102(131)57-69-110)108-64-49-88(50-65-108)86-45-60-106(61-46-86)133(104-28-14-5-15-29-104)112-71-75-118-116-31-17-19-33-122(116)128(124(118)82-112,96-22-8-2-9-23-96)99-52-41-90-35-38-93(90)79-99/h1-33,40-84H,34-39H2. The summed E-state index contributed by atoms with van der Waals surface area (Å²) in [5, 5.41) is 0. The molecule has 2 atom stereocenters. The molecule has 0 saturated heterocycles. The highest BCUT2D eigenvalue weighted by atomic mass is 19.1. The molecule has 20 aromatic carbocycles. The van der Waals surface area contributed by atoms with E-state index >= 15 is 8.78 Å². The Morgan fingerprint density at radius 1 is 0.148 bits per heavy atom. The number of hydrogen-bond donors (Lipinski definition) is 0. The lowest BCUT2D eigenvalue weighted by atomic mass is 9.66. The van der Waals surface area contributed by atoms with Gasteiger partial charge in [0, 0.05) is 68.2 Å². The van der Waals surface area contributed by atoms with Crippen LogP contribution in [0.25, 0.3) is 55.6 Å². The predicted molar refractivity (Wildman–Crippen MR) is 550 cm³/mol. The Bertz CT molecular complexity index is 7600. The SMILES string of the molecule is Fc1ccc(N(c2ccc(-c3ccc(N(c4ccccc4)c4ccc5c(c4)C(c4ccccc4)(c4ccc6c(c4)CC6)c4ccccc4-5)cc3)cc2)c2ccc3c(c2)C(c2ccccc2)(c2ccc4c(c2)CC4)c2cc(N(c4ccc(F)cc4)c4ccc(-c5ccc(N(c6ccccc6)c6ccc7c(c6)C(c6ccccc6)(c6ccc8c(c6)CC8)c6ccccc6-7)cc5)cc4)ccc2-3)cc1. The second-order valence-electron chi connectivity index (χ2n) is 37.0. The van der Waals surface area contributed by atoms with Gasteiger partial charge in [-0.2, -0.15) is 0 Å². The molecule has 640 valence electrons. The Hall–Kier alpha value is -16.5. The minimum absolute atomic E-state index is 0.309. The summed E-state index contributed by atoms with van der Waals surface area (Å²) < 4.78 is 31.0. The molecule has 6 aliphatic rings. The molecule has 4 nitrogen and oxygen atoms in total. The molecular formula is C129H90F2N4. The largest absolute Gasteiger partial charge is 0.310 e. The van der Waals surface area contributed by atoms with Gasteiger partial charge in [0.15, 0.2) is 0 Å². The number of benzene rings is 20. The number of nitrogens with zero attached hydrogens (tertiary/aromatic N) is 4. The summed E-state index contributed by atoms with van der Waals surface area (Å²) in [4.78, 5) is 9.33. The fourth-order valence-corrected chi connectivity index (χ4v) is 23.4. The number of halogens is 2. The van der Waals surface area contributed by atoms with Crippen molar-refractivity contribution in [1.29, 1.82) is 0 Å². The van der Waals surface area contributed by atoms with Gasteiger partial charge in [0.2, 0.25) is 0 Å². The second kappa shape index (κ2) is 31.9. The van der Waals surface area contributed by atoms with E-state index in [-0.39, 0.29) is 11.6 Å². The minimum Gasteiger partial charge on any atom is -0.310 e. The maximum absolute atomic E-state index is 15.5. The van der Waals surface area contributed by atoms with Crippen molar-refractivity contribution in [2.45, 2.75) is 54.8 Å². The van der Waals surface area contributed by atoms with Gasteiger partial charge in [-0.3, -0.25) is 0 Å². The van der Waals surface area contributed by atoms with E-state index in [0.29, 0.717) is 0 Å². The summed E-state index contributed by atoms with van der Waals surface area (Å²) in [6.45, 7) is 0. The van der Waals surface area contributed by atoms with Crippen molar-refractivity contribution in [2.75, 3.05) is 19.6 Å². The van der Waals surface area contributed by atoms with E-state index in [1.165, 1.54) is 106 Å². The number of fused-ring (bicyclic) bond motifs is 12. The summed E-state index contributed by atoms with van der Waals surface area (Å²) >= 11 is 0. The molecule has 135 heavy (non-hydrogen) atoms. The third kappa shape index (κ3) is 12.7. The van der Waals surface area contributed by atoms with Crippen LogP contribution in [0.15, 0.2) is 473 Å². The molecule has 0 radical (unpaired) electrons. The highest BCUT2D eigenvalue weighted by Gasteiger charge is 2.51. The van der Waals surface area contributed by atoms with Gasteiger partial charge >= 0.3 is 0 Å². The van der Waals surface area contributed by atoms with Crippen LogP contribution in [0.3, 0.4) is 0 Å². The first-order valence-electron chi connectivity index (χ1n) is 47.2. The van der Waals surface area contributed by atoms with Crippen LogP contribution >= 0.6 is 0 Å². The second-order valence-corrected chi connectivity index (χ2v) is 37.0. The summed E-state index contributed by atoms with van der Waals surface area (Å²) in [5.41, 5.74) is 44.6. The molecule has 20 aromatic rings. The van der Waals surface area contributed by atoms with E-state index in [0.717, 1.165) is 157 Å². The fourth-order valence-electron chi connectivity index (χ4n) is 23.4. The van der Waals surface area contributed by atoms with Crippen LogP contribution in [-0.4, -0.2) is 0 Å². The van der Waals surface area contributed by atoms with Gasteiger partial charge in [0.1, 0.15) is 11.6 Å². The van der Waals surface area contributed by atoms with Crippen molar-refractivity contribution >= 4 is 68.2 Å². The lowest BCUT2D eigenvalue weighted by Gasteiger charge is -2.37. The molecule has 0 aromatic heterocycles. The first-order valence-corrected chi connectivity index (χ1v) is 47.2. The van der Waals surface area contributed by atoms with E-state index < -0.39 is 16.2 Å². The summed E-state index contributed by atoms with van der Waals surface area (Å²) in [6, 6.07) is 172. The zero-order valence-electron chi connectivity index (χ0n) is 74.3. The average Bonchev–Trinajstić information content (AvgIpc) is 1.55. The van der Waals surface area contributed by atoms with Crippen molar-refractivity contribution in [1.82, 2.24) is 0 Å². The van der Waals surface area contributed by atoms with Crippen LogP contribution in [-0.2, 0) is 54.8 Å². The summed E-state index contributed by atoms with van der Waals surface area (Å²) in [7, 11) is 0. The molecule has 0 spiro atoms. The molecule has 0 saturated carbocycles. The van der Waals surface area contributed by atoms with Gasteiger partial charge in [-0.15, -0.1) is 0 Å². The molecule has 6 heteroatoms. The number of para-hydroxylation sites is 2. The van der Waals surface area contributed by atoms with Crippen LogP contribution in [0.4, 0.5) is 77.0 Å². The van der Waals surface area contributed by atoms with E-state index in [4.69, 9.17) is 0 Å². The van der Waals surface area contributed by atoms with Crippen molar-refractivity contribution in [3.63, 3.8) is 0 Å². The van der Waals surface area contributed by atoms with Gasteiger partial charge < -0.3 is 19.6 Å². The van der Waals surface area contributed by atoms with Gasteiger partial charge in [-0.1, -0.05) is 303 Å². The molecule has 2 unspecified atom stereocenters. The topological polar surface area (TPSA) is 13.0 Å². The molecule has 0 heterocycles. The third-order valence-corrected chi connectivity index (χ3v) is 30.1. The van der Waals surface area contributed by atoms with E-state index in [2.05, 4.69) is 444 Å². The van der Waals surface area contributed by atoms with Gasteiger partial charge in [0.05, 0.1) is 16.2 Å². The van der Waals surface area contributed by atoms with Crippen LogP contribution in [0.5, 0.6) is 0 Å². The number of aryl methyl sites for hydroxylation is 6. The highest BCUT2D eigenvalue weighted by molar-refractivity contribution is 5.96. The maximum Gasteiger partial charge on any atom is 0.123 e. The van der Waals surface area contributed by atoms with Crippen LogP contribution in [0.1, 0.15) is 100 Å². The third-order valence-electron chi connectivity index (χ3n) is 30.1. The fraction of sp³-hybridized carbons (Fsp3) is 0.0698. The van der Waals surface area contributed by atoms with Crippen molar-refractivity contribution in [3.05, 3.63) is 585 Å². The normalized spacial score (nSPS) is 16.1. The molecule has 6 aliphatic carbocycles. The quantitative estimate of drug-likeness (QED) is 0.0754. The molecule has 26 rings (SSSR count). The predicted octanol–water partition coefficient (Wildman–Crippen LogP) is 32.6. The monoisotopic (exact) mass is 1730 g/mol. The van der Waals surface area contributed by atoms with E-state index in [1.807, 2.05) is 24.3 Å². The summed E-state index contributed by atoms with van der Waals surface area (Å²) in [5.74, 6) is -0.617. The first kappa shape index (κ1) is 79.4. The molecular weight excluding hydrogens is 1640 g/mol. The lowest BCUT2D eigenvalue weighted by molar-refractivity contribution is 0.627. The average molecular weight is 1730 g/mol. The summed E-state index contributed by atoms with van der Waals surface area (Å²) in [6.07, 6.45) is 6.50. The lowest BCUT2D eigenvalue weighted by Crippen LogP contribution is -2.30. The first-order chi connectivity index (χ1) is 66.7. The molecule has 0 N–H and O–H groups in total. The van der Waals surface area contributed by atoms with Crippen molar-refractivity contribution < 1.29 is 8.78 Å². The Kier molecular flexibility index (Phi) is 18.8. The zero-order valence-corrected chi connectivity index (χ0v) is 74.3. The van der Waals surface area contributed by atoms with Crippen LogP contribution < -0.4 is 19.6 Å². The molecule has 0 fully saturated rings. The number of rotatable bonds is 20. The van der Waals surface area contributed by atoms with Crippen LogP contribution in [0, 0.1) is 11.6 Å². The van der Waals surface area contributed by atoms with Crippen molar-refractivity contribution in [3.8, 4) is 55.6 Å². The molecule has 0 amide bonds. The minimum atomic E-state index is -0.854. The highest BCUT2D eigenvalue weighted by Crippen LogP contribution is 2.63. The molecule has 0 bridgehead atoms. The van der Waals surface area contributed by atoms with Gasteiger partial charge in [-0.05, 0) is 364 Å². The number of hydrogen-bond acceptors (Lipinski definition) is 4. The maximum atomic E-state index is 15.5.